The van der Waals surface area contributed by atoms with E-state index in [9.17, 15) is 4.79 Å². The van der Waals surface area contributed by atoms with Gasteiger partial charge in [0, 0.05) is 18.6 Å². The second kappa shape index (κ2) is 7.88. The molecule has 0 bridgehead atoms. The molecule has 0 N–H and O–H groups in total. The number of hydrogen-bond donors (Lipinski definition) is 0. The highest BCUT2D eigenvalue weighted by Crippen LogP contribution is 2.40. The lowest BCUT2D eigenvalue weighted by Crippen LogP contribution is -2.14. The van der Waals surface area contributed by atoms with Gasteiger partial charge in [0.05, 0.1) is 18.5 Å². The van der Waals surface area contributed by atoms with Crippen LogP contribution in [0.3, 0.4) is 0 Å². The number of hydrogen-bond acceptors (Lipinski definition) is 8. The van der Waals surface area contributed by atoms with Crippen molar-refractivity contribution in [3.8, 4) is 11.4 Å². The minimum Gasteiger partial charge on any atom is -0.497 e. The van der Waals surface area contributed by atoms with Crippen LogP contribution in [0.15, 0.2) is 74.3 Å². The van der Waals surface area contributed by atoms with Crippen molar-refractivity contribution in [2.75, 3.05) is 7.11 Å². The van der Waals surface area contributed by atoms with E-state index in [1.165, 1.54) is 4.68 Å². The summed E-state index contributed by atoms with van der Waals surface area (Å²) in [6.45, 7) is 1.64. The first kappa shape index (κ1) is 19.3. The average molecular weight is 434 g/mol. The van der Waals surface area contributed by atoms with Gasteiger partial charge < -0.3 is 9.15 Å². The minimum atomic E-state index is -0.512. The Labute approximate surface area is 181 Å². The van der Waals surface area contributed by atoms with Crippen molar-refractivity contribution in [2.24, 2.45) is 5.10 Å². The number of rotatable bonds is 4. The Morgan fingerprint density at radius 1 is 1.13 bits per heavy atom. The van der Waals surface area contributed by atoms with Gasteiger partial charge in [0.1, 0.15) is 12.1 Å². The molecular formula is C21H18N6O3S. The van der Waals surface area contributed by atoms with E-state index >= 15 is 0 Å². The molecule has 0 fully saturated rings. The quantitative estimate of drug-likeness (QED) is 0.486. The van der Waals surface area contributed by atoms with Crippen molar-refractivity contribution in [3.63, 3.8) is 0 Å². The summed E-state index contributed by atoms with van der Waals surface area (Å²) in [5, 5.41) is 17.9. The highest BCUT2D eigenvalue weighted by atomic mass is 32.2. The summed E-state index contributed by atoms with van der Waals surface area (Å²) in [5.41, 5.74) is 3.61. The van der Waals surface area contributed by atoms with Crippen LogP contribution in [0.1, 0.15) is 28.7 Å². The van der Waals surface area contributed by atoms with Gasteiger partial charge in [0.25, 0.3) is 0 Å². The highest BCUT2D eigenvalue weighted by Gasteiger charge is 2.24. The maximum Gasteiger partial charge on any atom is 0.441 e. The van der Waals surface area contributed by atoms with Gasteiger partial charge >= 0.3 is 5.76 Å². The first-order chi connectivity index (χ1) is 15.1. The Kier molecular flexibility index (Phi) is 4.91. The molecule has 0 spiro atoms. The molecule has 0 radical (unpaired) electrons. The molecule has 2 aromatic carbocycles. The molecule has 1 aliphatic heterocycles. The molecule has 0 aliphatic carbocycles. The number of ether oxygens (including phenoxy) is 1. The van der Waals surface area contributed by atoms with Crippen LogP contribution in [-0.4, -0.2) is 37.5 Å². The van der Waals surface area contributed by atoms with Gasteiger partial charge in [-0.1, -0.05) is 36.0 Å². The Morgan fingerprint density at radius 3 is 2.58 bits per heavy atom. The van der Waals surface area contributed by atoms with Crippen LogP contribution in [0, 0.1) is 6.92 Å². The lowest BCUT2D eigenvalue weighted by molar-refractivity contribution is 0.414. The van der Waals surface area contributed by atoms with E-state index in [4.69, 9.17) is 14.3 Å². The number of benzene rings is 2. The topological polar surface area (TPSA) is 100 Å². The first-order valence-corrected chi connectivity index (χ1v) is 10.4. The Bertz CT molecular complexity index is 1300. The van der Waals surface area contributed by atoms with Crippen LogP contribution in [0.25, 0.3) is 5.69 Å². The predicted molar refractivity (Wildman–Crippen MR) is 115 cm³/mol. The van der Waals surface area contributed by atoms with Gasteiger partial charge in [-0.2, -0.15) is 14.5 Å². The van der Waals surface area contributed by atoms with Crippen molar-refractivity contribution < 1.29 is 9.15 Å². The molecule has 5 rings (SSSR count). The molecule has 0 amide bonds. The number of nitrogens with zero attached hydrogens (tertiary/aromatic N) is 6. The van der Waals surface area contributed by atoms with Gasteiger partial charge in [0.15, 0.2) is 0 Å². The summed E-state index contributed by atoms with van der Waals surface area (Å²) >= 11 is 1.62. The molecule has 0 saturated carbocycles. The smallest absolute Gasteiger partial charge is 0.441 e. The molecular weight excluding hydrogens is 416 g/mol. The molecule has 4 aromatic rings. The summed E-state index contributed by atoms with van der Waals surface area (Å²) in [6, 6.07) is 15.5. The summed E-state index contributed by atoms with van der Waals surface area (Å²) in [4.78, 5) is 11.9. The normalized spacial score (nSPS) is 15.8. The fraction of sp³-hybridized carbons (Fsp3) is 0.190. The zero-order valence-electron chi connectivity index (χ0n) is 16.8. The van der Waals surface area contributed by atoms with E-state index < -0.39 is 5.76 Å². The molecule has 156 valence electrons. The first-order valence-electron chi connectivity index (χ1n) is 9.57. The van der Waals surface area contributed by atoms with Gasteiger partial charge in [-0.25, -0.2) is 4.79 Å². The summed E-state index contributed by atoms with van der Waals surface area (Å²) in [7, 11) is 1.65. The highest BCUT2D eigenvalue weighted by molar-refractivity contribution is 7.99. The zero-order chi connectivity index (χ0) is 21.4. The van der Waals surface area contributed by atoms with Crippen molar-refractivity contribution >= 4 is 17.5 Å². The molecule has 2 aromatic heterocycles. The number of methoxy groups -OCH3 is 1. The van der Waals surface area contributed by atoms with Gasteiger partial charge in [-0.05, 0) is 35.4 Å². The van der Waals surface area contributed by atoms with Crippen LogP contribution < -0.4 is 10.5 Å². The third kappa shape index (κ3) is 3.77. The molecule has 3 heterocycles. The zero-order valence-corrected chi connectivity index (χ0v) is 17.6. The second-order valence-corrected chi connectivity index (χ2v) is 8.10. The Hall–Kier alpha value is -3.66. The number of thioether (sulfide) groups is 1. The maximum absolute atomic E-state index is 11.9. The Balaban J connectivity index is 1.49. The third-order valence-corrected chi connectivity index (χ3v) is 6.14. The van der Waals surface area contributed by atoms with E-state index in [0.29, 0.717) is 18.0 Å². The number of aromatic nitrogens is 5. The summed E-state index contributed by atoms with van der Waals surface area (Å²) in [5.74, 6) is 0.622. The van der Waals surface area contributed by atoms with Crippen molar-refractivity contribution in [1.29, 1.82) is 0 Å². The maximum atomic E-state index is 11.9. The summed E-state index contributed by atoms with van der Waals surface area (Å²) in [6.07, 6.45) is 2.30. The van der Waals surface area contributed by atoms with Crippen LogP contribution >= 0.6 is 11.8 Å². The van der Waals surface area contributed by atoms with Crippen LogP contribution in [0.4, 0.5) is 0 Å². The molecule has 10 heteroatoms. The van der Waals surface area contributed by atoms with Crippen molar-refractivity contribution in [2.45, 2.75) is 23.8 Å². The lowest BCUT2D eigenvalue weighted by Gasteiger charge is -2.15. The van der Waals surface area contributed by atoms with E-state index in [1.54, 1.807) is 36.8 Å². The van der Waals surface area contributed by atoms with Gasteiger partial charge in [0.2, 0.25) is 11.0 Å². The van der Waals surface area contributed by atoms with E-state index in [0.717, 1.165) is 27.7 Å². The fourth-order valence-electron chi connectivity index (χ4n) is 3.39. The van der Waals surface area contributed by atoms with Crippen molar-refractivity contribution in [3.05, 3.63) is 82.4 Å². The predicted octanol–water partition coefficient (Wildman–Crippen LogP) is 3.22. The average Bonchev–Trinajstić information content (AvgIpc) is 3.32. The van der Waals surface area contributed by atoms with Crippen LogP contribution in [-0.2, 0) is 0 Å². The molecule has 0 saturated heterocycles. The van der Waals surface area contributed by atoms with E-state index in [-0.39, 0.29) is 5.25 Å². The van der Waals surface area contributed by atoms with E-state index in [1.807, 2.05) is 36.4 Å². The van der Waals surface area contributed by atoms with Crippen molar-refractivity contribution in [1.82, 2.24) is 24.7 Å². The summed E-state index contributed by atoms with van der Waals surface area (Å²) < 4.78 is 13.2. The molecule has 31 heavy (non-hydrogen) atoms. The monoisotopic (exact) mass is 434 g/mol. The fourth-order valence-corrected chi connectivity index (χ4v) is 4.47. The standard InChI is InChI=1S/C21H18N6O3S/c1-13-24-27(21(28)30-13)16-7-3-14(4-8-16)18-11-19(15-5-9-17(29-2)10-6-15)31-20-23-22-12-26(20)25-18/h3-10,12,19H,11H2,1-2H3. The molecule has 1 unspecified atom stereocenters. The third-order valence-electron chi connectivity index (χ3n) is 4.94. The lowest BCUT2D eigenvalue weighted by atomic mass is 10.0. The van der Waals surface area contributed by atoms with Gasteiger partial charge in [-0.3, -0.25) is 0 Å². The number of aryl methyl sites for hydroxylation is 1. The largest absolute Gasteiger partial charge is 0.497 e. The van der Waals surface area contributed by atoms with Gasteiger partial charge in [-0.15, -0.1) is 15.3 Å². The Morgan fingerprint density at radius 2 is 1.90 bits per heavy atom. The minimum absolute atomic E-state index is 0.107. The van der Waals surface area contributed by atoms with Crippen LogP contribution in [0.5, 0.6) is 5.75 Å². The van der Waals surface area contributed by atoms with Crippen LogP contribution in [0.2, 0.25) is 0 Å². The molecule has 1 aliphatic rings. The number of fused-ring (bicyclic) bond motifs is 1. The molecule has 1 atom stereocenters. The van der Waals surface area contributed by atoms with E-state index in [2.05, 4.69) is 27.4 Å². The second-order valence-electron chi connectivity index (χ2n) is 6.93. The molecule has 9 nitrogen and oxygen atoms in total. The SMILES string of the molecule is COc1ccc(C2CC(c3ccc(-n4nc(C)oc4=O)cc3)=Nn3cnnc3S2)cc1.